The summed E-state index contributed by atoms with van der Waals surface area (Å²) in [7, 11) is 0. The lowest BCUT2D eigenvalue weighted by atomic mass is 9.79. The average Bonchev–Trinajstić information content (AvgIpc) is 2.82. The number of hydrogen-bond donors (Lipinski definition) is 0. The Morgan fingerprint density at radius 3 is 1.81 bits per heavy atom. The molecular weight excluding hydrogens is 416 g/mol. The Morgan fingerprint density at radius 2 is 1.34 bits per heavy atom. The minimum atomic E-state index is -2.30. The van der Waals surface area contributed by atoms with E-state index in [9.17, 15) is 19.2 Å². The van der Waals surface area contributed by atoms with Crippen molar-refractivity contribution in [2.45, 2.75) is 20.1 Å². The summed E-state index contributed by atoms with van der Waals surface area (Å²) in [6.45, 7) is 0.481. The van der Waals surface area contributed by atoms with Crippen molar-refractivity contribution in [1.82, 2.24) is 0 Å². The lowest BCUT2D eigenvalue weighted by molar-refractivity contribution is -0.180. The van der Waals surface area contributed by atoms with E-state index in [1.165, 1.54) is 0 Å². The third kappa shape index (κ3) is 5.03. The van der Waals surface area contributed by atoms with Gasteiger partial charge in [0.15, 0.2) is 0 Å². The van der Waals surface area contributed by atoms with E-state index in [0.29, 0.717) is 11.1 Å². The van der Waals surface area contributed by atoms with Crippen LogP contribution in [0.4, 0.5) is 0 Å². The molecule has 0 saturated carbocycles. The van der Waals surface area contributed by atoms with Crippen molar-refractivity contribution in [1.29, 1.82) is 0 Å². The zero-order valence-corrected chi connectivity index (χ0v) is 17.4. The maximum atomic E-state index is 13.2. The summed E-state index contributed by atoms with van der Waals surface area (Å²) in [4.78, 5) is 50.9. The molecule has 1 aliphatic rings. The van der Waals surface area contributed by atoms with Crippen LogP contribution in [0.5, 0.6) is 0 Å². The smallest absolute Gasteiger partial charge is 0.336 e. The topological polar surface area (TPSA) is 105 Å². The summed E-state index contributed by atoms with van der Waals surface area (Å²) in [6.07, 6.45) is 0.773. The molecule has 8 heteroatoms. The van der Waals surface area contributed by atoms with Crippen molar-refractivity contribution in [3.63, 3.8) is 0 Å². The first-order valence-corrected chi connectivity index (χ1v) is 9.95. The van der Waals surface area contributed by atoms with Gasteiger partial charge in [-0.2, -0.15) is 0 Å². The van der Waals surface area contributed by atoms with Gasteiger partial charge in [-0.05, 0) is 18.1 Å². The largest absolute Gasteiger partial charge is 0.463 e. The normalized spacial score (nSPS) is 14.5. The van der Waals surface area contributed by atoms with Gasteiger partial charge in [-0.1, -0.05) is 60.7 Å². The Morgan fingerprint density at radius 1 is 0.844 bits per heavy atom. The zero-order chi connectivity index (χ0) is 23.0. The van der Waals surface area contributed by atoms with Gasteiger partial charge in [0.2, 0.25) is 5.41 Å². The molecule has 2 aromatic carbocycles. The Balaban J connectivity index is 1.92. The Kier molecular flexibility index (Phi) is 7.38. The first-order valence-electron chi connectivity index (χ1n) is 9.95. The van der Waals surface area contributed by atoms with E-state index in [1.54, 1.807) is 67.6 Å². The highest BCUT2D eigenvalue weighted by Crippen LogP contribution is 2.36. The third-order valence-corrected chi connectivity index (χ3v) is 4.77. The van der Waals surface area contributed by atoms with Crippen LogP contribution in [0.1, 0.15) is 18.1 Å². The molecule has 0 radical (unpaired) electrons. The van der Waals surface area contributed by atoms with Crippen LogP contribution in [-0.4, -0.2) is 37.1 Å². The second-order valence-corrected chi connectivity index (χ2v) is 6.91. The minimum absolute atomic E-state index is 0.0283. The van der Waals surface area contributed by atoms with E-state index in [1.807, 2.05) is 0 Å². The number of carbonyl (C=O) groups excluding carboxylic acids is 4. The number of rotatable bonds is 8. The third-order valence-electron chi connectivity index (χ3n) is 4.77. The molecule has 8 nitrogen and oxygen atoms in total. The van der Waals surface area contributed by atoms with E-state index in [0.717, 1.165) is 6.08 Å². The Labute approximate surface area is 184 Å². The summed E-state index contributed by atoms with van der Waals surface area (Å²) in [6, 6.07) is 17.6. The molecule has 3 rings (SSSR count). The van der Waals surface area contributed by atoms with Crippen LogP contribution in [0, 0.1) is 5.41 Å². The Hall–Kier alpha value is -3.94. The van der Waals surface area contributed by atoms with E-state index in [4.69, 9.17) is 18.9 Å². The van der Waals surface area contributed by atoms with Crippen molar-refractivity contribution in [3.8, 4) is 0 Å². The standard InChI is InChI=1S/C24H22O8/c1-2-29-21(26)19-13-20(25)32-16-24(19,22(27)30-14-17-9-5-3-6-10-17)23(28)31-15-18-11-7-4-8-12-18/h3-13H,2,14-16H2,1H3. The van der Waals surface area contributed by atoms with E-state index < -0.39 is 41.5 Å². The predicted octanol–water partition coefficient (Wildman–Crippen LogP) is 2.51. The second kappa shape index (κ2) is 10.4. The molecule has 1 aliphatic heterocycles. The number of esters is 4. The van der Waals surface area contributed by atoms with Crippen LogP contribution in [0.25, 0.3) is 0 Å². The minimum Gasteiger partial charge on any atom is -0.463 e. The maximum absolute atomic E-state index is 13.2. The molecule has 0 saturated heterocycles. The van der Waals surface area contributed by atoms with Crippen LogP contribution in [0.2, 0.25) is 0 Å². The first-order chi connectivity index (χ1) is 15.5. The van der Waals surface area contributed by atoms with Crippen LogP contribution < -0.4 is 0 Å². The molecule has 166 valence electrons. The van der Waals surface area contributed by atoms with Crippen LogP contribution >= 0.6 is 0 Å². The van der Waals surface area contributed by atoms with Gasteiger partial charge in [0.1, 0.15) is 19.8 Å². The number of hydrogen-bond acceptors (Lipinski definition) is 8. The molecule has 0 N–H and O–H groups in total. The van der Waals surface area contributed by atoms with E-state index in [-0.39, 0.29) is 19.8 Å². The quantitative estimate of drug-likeness (QED) is 0.352. The summed E-state index contributed by atoms with van der Waals surface area (Å²) in [5.41, 5.74) is -1.44. The van der Waals surface area contributed by atoms with Crippen LogP contribution in [-0.2, 0) is 51.3 Å². The molecule has 0 amide bonds. The maximum Gasteiger partial charge on any atom is 0.336 e. The number of cyclic esters (lactones) is 1. The lowest BCUT2D eigenvalue weighted by Crippen LogP contribution is -2.51. The molecule has 0 fully saturated rings. The molecule has 2 aromatic rings. The van der Waals surface area contributed by atoms with Gasteiger partial charge < -0.3 is 18.9 Å². The molecule has 0 spiro atoms. The molecule has 0 bridgehead atoms. The average molecular weight is 438 g/mol. The van der Waals surface area contributed by atoms with Crippen molar-refractivity contribution in [2.75, 3.05) is 13.2 Å². The molecule has 0 aromatic heterocycles. The zero-order valence-electron chi connectivity index (χ0n) is 17.4. The summed E-state index contributed by atoms with van der Waals surface area (Å²) >= 11 is 0. The van der Waals surface area contributed by atoms with Gasteiger partial charge in [-0.15, -0.1) is 0 Å². The SMILES string of the molecule is CCOC(=O)C1=CC(=O)OCC1(C(=O)OCc1ccccc1)C(=O)OCc1ccccc1. The summed E-state index contributed by atoms with van der Waals surface area (Å²) in [5, 5.41) is 0. The number of benzene rings is 2. The predicted molar refractivity (Wildman–Crippen MR) is 111 cm³/mol. The lowest BCUT2D eigenvalue weighted by Gasteiger charge is -2.32. The van der Waals surface area contributed by atoms with E-state index in [2.05, 4.69) is 0 Å². The number of carbonyl (C=O) groups is 4. The van der Waals surface area contributed by atoms with Crippen LogP contribution in [0.3, 0.4) is 0 Å². The van der Waals surface area contributed by atoms with Gasteiger partial charge in [-0.25, -0.2) is 9.59 Å². The fourth-order valence-electron chi connectivity index (χ4n) is 3.10. The highest BCUT2D eigenvalue weighted by Gasteiger charge is 2.58. The molecule has 0 unspecified atom stereocenters. The van der Waals surface area contributed by atoms with Gasteiger partial charge in [0, 0.05) is 6.08 Å². The highest BCUT2D eigenvalue weighted by molar-refractivity contribution is 6.15. The summed E-state index contributed by atoms with van der Waals surface area (Å²) < 4.78 is 20.7. The van der Waals surface area contributed by atoms with E-state index >= 15 is 0 Å². The summed E-state index contributed by atoms with van der Waals surface area (Å²) in [5.74, 6) is -4.04. The molecular formula is C24H22O8. The van der Waals surface area contributed by atoms with Crippen molar-refractivity contribution in [3.05, 3.63) is 83.4 Å². The first kappa shape index (κ1) is 22.7. The fraction of sp³-hybridized carbons (Fsp3) is 0.250. The van der Waals surface area contributed by atoms with Crippen molar-refractivity contribution < 1.29 is 38.1 Å². The second-order valence-electron chi connectivity index (χ2n) is 6.91. The van der Waals surface area contributed by atoms with Gasteiger partial charge in [-0.3, -0.25) is 9.59 Å². The van der Waals surface area contributed by atoms with Gasteiger partial charge in [0.05, 0.1) is 12.2 Å². The van der Waals surface area contributed by atoms with Crippen LogP contribution in [0.15, 0.2) is 72.3 Å². The monoisotopic (exact) mass is 438 g/mol. The molecule has 0 aliphatic carbocycles. The fourth-order valence-corrected chi connectivity index (χ4v) is 3.10. The number of ether oxygens (including phenoxy) is 4. The van der Waals surface area contributed by atoms with Gasteiger partial charge in [0.25, 0.3) is 0 Å². The van der Waals surface area contributed by atoms with Crippen molar-refractivity contribution in [2.24, 2.45) is 5.41 Å². The van der Waals surface area contributed by atoms with Gasteiger partial charge >= 0.3 is 23.9 Å². The van der Waals surface area contributed by atoms with Crippen molar-refractivity contribution >= 4 is 23.9 Å². The molecule has 32 heavy (non-hydrogen) atoms. The Bertz CT molecular complexity index is 955. The molecule has 1 heterocycles. The highest BCUT2D eigenvalue weighted by atomic mass is 16.6. The molecule has 0 atom stereocenters.